The molecule has 5 nitrogen and oxygen atoms in total. The van der Waals surface area contributed by atoms with Crippen molar-refractivity contribution in [2.45, 2.75) is 52.9 Å². The first-order chi connectivity index (χ1) is 9.98. The minimum atomic E-state index is -0.119. The Morgan fingerprint density at radius 3 is 2.67 bits per heavy atom. The van der Waals surface area contributed by atoms with E-state index in [1.165, 1.54) is 13.5 Å². The van der Waals surface area contributed by atoms with Gasteiger partial charge in [0.05, 0.1) is 7.11 Å². The van der Waals surface area contributed by atoms with Crippen LogP contribution in [0, 0.1) is 5.41 Å². The van der Waals surface area contributed by atoms with Gasteiger partial charge in [-0.3, -0.25) is 9.79 Å². The third kappa shape index (κ3) is 6.82. The summed E-state index contributed by atoms with van der Waals surface area (Å²) in [6, 6.07) is 0. The summed E-state index contributed by atoms with van der Waals surface area (Å²) >= 11 is 0. The standard InChI is InChI=1S/C16H31N3O2/c1-5-17-15(19-12-10-16(2,3)13-19)18-11-8-6-7-9-14(20)21-4/h5-13H2,1-4H3,(H,17,18). The van der Waals surface area contributed by atoms with Crippen molar-refractivity contribution in [3.63, 3.8) is 0 Å². The maximum Gasteiger partial charge on any atom is 0.305 e. The molecule has 0 unspecified atom stereocenters. The summed E-state index contributed by atoms with van der Waals surface area (Å²) in [5, 5.41) is 3.38. The van der Waals surface area contributed by atoms with E-state index in [9.17, 15) is 4.79 Å². The highest BCUT2D eigenvalue weighted by atomic mass is 16.5. The van der Waals surface area contributed by atoms with Crippen LogP contribution in [0.2, 0.25) is 0 Å². The number of aliphatic imine (C=N–C) groups is 1. The van der Waals surface area contributed by atoms with Crippen LogP contribution in [0.1, 0.15) is 52.9 Å². The molecule has 0 aromatic rings. The van der Waals surface area contributed by atoms with E-state index in [1.807, 2.05) is 0 Å². The Balaban J connectivity index is 2.31. The fourth-order valence-corrected chi connectivity index (χ4v) is 2.56. The number of likely N-dealkylation sites (tertiary alicyclic amines) is 1. The predicted molar refractivity (Wildman–Crippen MR) is 86.4 cm³/mol. The van der Waals surface area contributed by atoms with Gasteiger partial charge in [-0.25, -0.2) is 0 Å². The number of hydrogen-bond donors (Lipinski definition) is 1. The zero-order valence-corrected chi connectivity index (χ0v) is 14.1. The molecule has 0 saturated carbocycles. The second-order valence-electron chi connectivity index (χ2n) is 6.46. The van der Waals surface area contributed by atoms with Gasteiger partial charge in [0.25, 0.3) is 0 Å². The van der Waals surface area contributed by atoms with E-state index in [-0.39, 0.29) is 5.97 Å². The van der Waals surface area contributed by atoms with E-state index in [0.717, 1.165) is 51.4 Å². The van der Waals surface area contributed by atoms with Crippen LogP contribution < -0.4 is 5.32 Å². The van der Waals surface area contributed by atoms with Crippen LogP contribution in [0.3, 0.4) is 0 Å². The first-order valence-corrected chi connectivity index (χ1v) is 8.08. The van der Waals surface area contributed by atoms with E-state index in [1.54, 1.807) is 0 Å². The van der Waals surface area contributed by atoms with E-state index >= 15 is 0 Å². The number of carbonyl (C=O) groups excluding carboxylic acids is 1. The van der Waals surface area contributed by atoms with Gasteiger partial charge in [-0.15, -0.1) is 0 Å². The number of hydrogen-bond acceptors (Lipinski definition) is 3. The Labute approximate surface area is 129 Å². The molecule has 1 aliphatic heterocycles. The number of guanidine groups is 1. The van der Waals surface area contributed by atoms with Crippen LogP contribution in [-0.2, 0) is 9.53 Å². The lowest BCUT2D eigenvalue weighted by molar-refractivity contribution is -0.140. The van der Waals surface area contributed by atoms with Gasteiger partial charge < -0.3 is 15.0 Å². The van der Waals surface area contributed by atoms with Gasteiger partial charge >= 0.3 is 5.97 Å². The van der Waals surface area contributed by atoms with Crippen LogP contribution >= 0.6 is 0 Å². The lowest BCUT2D eigenvalue weighted by atomic mass is 9.93. The quantitative estimate of drug-likeness (QED) is 0.339. The van der Waals surface area contributed by atoms with Crippen molar-refractivity contribution >= 4 is 11.9 Å². The SMILES string of the molecule is CCNC(=NCCCCCC(=O)OC)N1CCC(C)(C)C1. The number of ether oxygens (including phenoxy) is 1. The lowest BCUT2D eigenvalue weighted by Crippen LogP contribution is -2.40. The van der Waals surface area contributed by atoms with Gasteiger partial charge in [-0.1, -0.05) is 20.3 Å². The molecule has 0 atom stereocenters. The molecule has 1 fully saturated rings. The highest BCUT2D eigenvalue weighted by molar-refractivity contribution is 5.80. The Kier molecular flexibility index (Phi) is 7.54. The predicted octanol–water partition coefficient (Wildman–Crippen LogP) is 2.42. The lowest BCUT2D eigenvalue weighted by Gasteiger charge is -2.23. The zero-order valence-electron chi connectivity index (χ0n) is 14.1. The molecule has 122 valence electrons. The Morgan fingerprint density at radius 1 is 1.33 bits per heavy atom. The molecule has 1 heterocycles. The van der Waals surface area contributed by atoms with E-state index in [4.69, 9.17) is 4.99 Å². The summed E-state index contributed by atoms with van der Waals surface area (Å²) in [6.07, 6.45) is 4.65. The van der Waals surface area contributed by atoms with Crippen LogP contribution in [0.4, 0.5) is 0 Å². The summed E-state index contributed by atoms with van der Waals surface area (Å²) in [4.78, 5) is 18.1. The Bertz CT molecular complexity index is 353. The largest absolute Gasteiger partial charge is 0.469 e. The van der Waals surface area contributed by atoms with Gasteiger partial charge in [0, 0.05) is 32.6 Å². The minimum absolute atomic E-state index is 0.119. The maximum atomic E-state index is 11.0. The van der Waals surface area contributed by atoms with Crippen LogP contribution in [0.5, 0.6) is 0 Å². The molecule has 1 saturated heterocycles. The van der Waals surface area contributed by atoms with Gasteiger partial charge in [0.2, 0.25) is 0 Å². The average molecular weight is 297 g/mol. The van der Waals surface area contributed by atoms with Crippen molar-refractivity contribution in [3.8, 4) is 0 Å². The van der Waals surface area contributed by atoms with Crippen LogP contribution in [0.15, 0.2) is 4.99 Å². The number of rotatable bonds is 7. The highest BCUT2D eigenvalue weighted by Gasteiger charge is 2.30. The monoisotopic (exact) mass is 297 g/mol. The first-order valence-electron chi connectivity index (χ1n) is 8.08. The van der Waals surface area contributed by atoms with Crippen molar-refractivity contribution in [2.24, 2.45) is 10.4 Å². The molecule has 0 radical (unpaired) electrons. The number of unbranched alkanes of at least 4 members (excludes halogenated alkanes) is 2. The zero-order chi connectivity index (χ0) is 15.7. The van der Waals surface area contributed by atoms with E-state index in [0.29, 0.717) is 11.8 Å². The van der Waals surface area contributed by atoms with Crippen molar-refractivity contribution in [3.05, 3.63) is 0 Å². The van der Waals surface area contributed by atoms with Crippen molar-refractivity contribution in [1.29, 1.82) is 0 Å². The molecule has 0 spiro atoms. The fraction of sp³-hybridized carbons (Fsp3) is 0.875. The van der Waals surface area contributed by atoms with E-state index < -0.39 is 0 Å². The molecular formula is C16H31N3O2. The van der Waals surface area contributed by atoms with Gasteiger partial charge in [-0.05, 0) is 31.6 Å². The van der Waals surface area contributed by atoms with Crippen molar-refractivity contribution in [2.75, 3.05) is 33.3 Å². The van der Waals surface area contributed by atoms with Gasteiger partial charge in [0.1, 0.15) is 0 Å². The summed E-state index contributed by atoms with van der Waals surface area (Å²) < 4.78 is 4.63. The molecule has 21 heavy (non-hydrogen) atoms. The molecule has 0 bridgehead atoms. The molecule has 0 aromatic heterocycles. The molecule has 0 amide bonds. The molecule has 0 aliphatic carbocycles. The van der Waals surface area contributed by atoms with Crippen LogP contribution in [-0.4, -0.2) is 50.1 Å². The number of nitrogens with one attached hydrogen (secondary N) is 1. The minimum Gasteiger partial charge on any atom is -0.469 e. The van der Waals surface area contributed by atoms with Gasteiger partial charge in [0.15, 0.2) is 5.96 Å². The second-order valence-corrected chi connectivity index (χ2v) is 6.46. The molecule has 1 N–H and O–H groups in total. The summed E-state index contributed by atoms with van der Waals surface area (Å²) in [6.45, 7) is 10.6. The van der Waals surface area contributed by atoms with Crippen molar-refractivity contribution in [1.82, 2.24) is 10.2 Å². The van der Waals surface area contributed by atoms with Gasteiger partial charge in [-0.2, -0.15) is 0 Å². The maximum absolute atomic E-state index is 11.0. The second kappa shape index (κ2) is 8.90. The van der Waals surface area contributed by atoms with Crippen LogP contribution in [0.25, 0.3) is 0 Å². The fourth-order valence-electron chi connectivity index (χ4n) is 2.56. The number of methoxy groups -OCH3 is 1. The normalized spacial score (nSPS) is 17.9. The summed E-state index contributed by atoms with van der Waals surface area (Å²) in [7, 11) is 1.44. The summed E-state index contributed by atoms with van der Waals surface area (Å²) in [5.74, 6) is 0.919. The topological polar surface area (TPSA) is 53.9 Å². The number of esters is 1. The Hall–Kier alpha value is -1.26. The molecule has 1 aliphatic rings. The molecule has 1 rings (SSSR count). The molecule has 0 aromatic carbocycles. The molecule has 5 heteroatoms. The van der Waals surface area contributed by atoms with E-state index in [2.05, 4.69) is 35.7 Å². The number of nitrogens with zero attached hydrogens (tertiary/aromatic N) is 2. The molecular weight excluding hydrogens is 266 g/mol. The Morgan fingerprint density at radius 2 is 2.10 bits per heavy atom. The average Bonchev–Trinajstić information content (AvgIpc) is 2.81. The summed E-state index contributed by atoms with van der Waals surface area (Å²) in [5.41, 5.74) is 0.386. The van der Waals surface area contributed by atoms with Crippen molar-refractivity contribution < 1.29 is 9.53 Å². The highest BCUT2D eigenvalue weighted by Crippen LogP contribution is 2.28. The third-order valence-electron chi connectivity index (χ3n) is 3.84. The first kappa shape index (κ1) is 17.8. The third-order valence-corrected chi connectivity index (χ3v) is 3.84. The number of carbonyl (C=O) groups is 1. The smallest absolute Gasteiger partial charge is 0.305 e.